The molecule has 1 N–H and O–H groups in total. The van der Waals surface area contributed by atoms with Gasteiger partial charge in [0.25, 0.3) is 0 Å². The van der Waals surface area contributed by atoms with E-state index in [2.05, 4.69) is 5.32 Å². The summed E-state index contributed by atoms with van der Waals surface area (Å²) >= 11 is 1.97. The van der Waals surface area contributed by atoms with Crippen LogP contribution in [-0.4, -0.2) is 94.7 Å². The SMILES string of the molecule is COCCOCCOC(=O)CCCOCCOCCCC(=O)CCCCC1SCC2CC(=O)NC21. The van der Waals surface area contributed by atoms with Gasteiger partial charge in [-0.05, 0) is 37.4 Å². The van der Waals surface area contributed by atoms with Crippen LogP contribution < -0.4 is 5.32 Å². The Morgan fingerprint density at radius 2 is 1.51 bits per heavy atom. The van der Waals surface area contributed by atoms with Crippen molar-refractivity contribution >= 4 is 29.4 Å². The average Bonchev–Trinajstić information content (AvgIpc) is 3.39. The lowest BCUT2D eigenvalue weighted by Crippen LogP contribution is -2.34. The second-order valence-electron chi connectivity index (χ2n) is 8.97. The second-order valence-corrected chi connectivity index (χ2v) is 10.2. The van der Waals surface area contributed by atoms with Crippen LogP contribution in [0.15, 0.2) is 0 Å². The van der Waals surface area contributed by atoms with E-state index in [9.17, 15) is 14.4 Å². The quantitative estimate of drug-likeness (QED) is 0.171. The van der Waals surface area contributed by atoms with Crippen molar-refractivity contribution in [1.29, 1.82) is 0 Å². The van der Waals surface area contributed by atoms with Crippen molar-refractivity contribution in [3.05, 3.63) is 0 Å². The molecule has 2 fully saturated rings. The van der Waals surface area contributed by atoms with E-state index in [1.54, 1.807) is 7.11 Å². The van der Waals surface area contributed by atoms with Crippen LogP contribution >= 0.6 is 11.8 Å². The largest absolute Gasteiger partial charge is 0.463 e. The van der Waals surface area contributed by atoms with Gasteiger partial charge in [-0.15, -0.1) is 0 Å². The Labute approximate surface area is 213 Å². The Morgan fingerprint density at radius 1 is 0.857 bits per heavy atom. The third-order valence-corrected chi connectivity index (χ3v) is 7.69. The van der Waals surface area contributed by atoms with Crippen molar-refractivity contribution in [2.75, 3.05) is 65.7 Å². The molecule has 2 aliphatic heterocycles. The number of thioether (sulfide) groups is 1. The molecule has 0 saturated carbocycles. The van der Waals surface area contributed by atoms with Crippen LogP contribution in [-0.2, 0) is 38.1 Å². The van der Waals surface area contributed by atoms with Gasteiger partial charge in [0.15, 0.2) is 0 Å². The lowest BCUT2D eigenvalue weighted by Gasteiger charge is -2.17. The van der Waals surface area contributed by atoms with Crippen LogP contribution in [0.2, 0.25) is 0 Å². The van der Waals surface area contributed by atoms with Gasteiger partial charge < -0.3 is 29.0 Å². The lowest BCUT2D eigenvalue weighted by atomic mass is 9.97. The fraction of sp³-hybridized carbons (Fsp3) is 0.880. The molecule has 0 bridgehead atoms. The minimum absolute atomic E-state index is 0.197. The highest BCUT2D eigenvalue weighted by Gasteiger charge is 2.42. The maximum atomic E-state index is 12.1. The molecule has 0 aromatic heterocycles. The molecule has 10 heteroatoms. The number of rotatable bonds is 22. The van der Waals surface area contributed by atoms with Gasteiger partial charge in [-0.1, -0.05) is 6.42 Å². The molecule has 3 atom stereocenters. The molecular formula is C25H43NO8S. The standard InChI is InChI=1S/C25H43NO8S/c1-30-12-13-33-16-17-34-24(29)9-5-11-32-15-14-31-10-4-7-21(27)6-2-3-8-22-25-20(19-35-22)18-23(28)26-25/h20,22,25H,2-19H2,1H3,(H,26,28). The number of methoxy groups -OCH3 is 1. The summed E-state index contributed by atoms with van der Waals surface area (Å²) in [5.74, 6) is 1.83. The smallest absolute Gasteiger partial charge is 0.305 e. The van der Waals surface area contributed by atoms with Gasteiger partial charge in [0.2, 0.25) is 5.91 Å². The van der Waals surface area contributed by atoms with Crippen LogP contribution in [0.4, 0.5) is 0 Å². The Morgan fingerprint density at radius 3 is 2.29 bits per heavy atom. The van der Waals surface area contributed by atoms with E-state index in [1.807, 2.05) is 11.8 Å². The van der Waals surface area contributed by atoms with Crippen molar-refractivity contribution in [3.8, 4) is 0 Å². The number of hydrogen-bond acceptors (Lipinski definition) is 9. The van der Waals surface area contributed by atoms with Crippen molar-refractivity contribution < 1.29 is 38.1 Å². The molecule has 0 spiro atoms. The number of Topliss-reactive ketones (excluding diaryl/α,β-unsaturated/α-hetero) is 1. The first-order chi connectivity index (χ1) is 17.1. The summed E-state index contributed by atoms with van der Waals surface area (Å²) in [5, 5.41) is 3.63. The summed E-state index contributed by atoms with van der Waals surface area (Å²) in [6, 6.07) is 0.350. The molecule has 0 aliphatic carbocycles. The van der Waals surface area contributed by atoms with E-state index in [-0.39, 0.29) is 18.5 Å². The molecular weight excluding hydrogens is 474 g/mol. The molecule has 2 rings (SSSR count). The third-order valence-electron chi connectivity index (χ3n) is 6.11. The minimum Gasteiger partial charge on any atom is -0.463 e. The zero-order valence-electron chi connectivity index (χ0n) is 21.1. The fourth-order valence-corrected chi connectivity index (χ4v) is 5.89. The number of carbonyl (C=O) groups excluding carboxylic acids is 3. The molecule has 1 amide bonds. The van der Waals surface area contributed by atoms with E-state index >= 15 is 0 Å². The van der Waals surface area contributed by atoms with Crippen molar-refractivity contribution in [2.24, 2.45) is 5.92 Å². The fourth-order valence-electron chi connectivity index (χ4n) is 4.24. The van der Waals surface area contributed by atoms with Crippen molar-refractivity contribution in [1.82, 2.24) is 5.32 Å². The van der Waals surface area contributed by atoms with E-state index in [1.165, 1.54) is 0 Å². The summed E-state index contributed by atoms with van der Waals surface area (Å²) in [4.78, 5) is 35.1. The zero-order chi connectivity index (χ0) is 25.1. The van der Waals surface area contributed by atoms with Gasteiger partial charge in [0.05, 0.1) is 33.0 Å². The first-order valence-corrected chi connectivity index (χ1v) is 14.0. The molecule has 9 nitrogen and oxygen atoms in total. The first-order valence-electron chi connectivity index (χ1n) is 12.9. The second kappa shape index (κ2) is 19.0. The van der Waals surface area contributed by atoms with Gasteiger partial charge >= 0.3 is 5.97 Å². The summed E-state index contributed by atoms with van der Waals surface area (Å²) in [6.45, 7) is 3.62. The topological polar surface area (TPSA) is 109 Å². The number of fused-ring (bicyclic) bond motifs is 1. The van der Waals surface area contributed by atoms with Crippen LogP contribution in [0.25, 0.3) is 0 Å². The highest BCUT2D eigenvalue weighted by molar-refractivity contribution is 8.00. The van der Waals surface area contributed by atoms with Crippen LogP contribution in [0.3, 0.4) is 0 Å². The minimum atomic E-state index is -0.252. The zero-order valence-corrected chi connectivity index (χ0v) is 22.0. The molecule has 2 heterocycles. The summed E-state index contributed by atoms with van der Waals surface area (Å²) < 4.78 is 26.1. The number of carbonyl (C=O) groups is 3. The van der Waals surface area contributed by atoms with E-state index in [0.717, 1.165) is 31.4 Å². The first kappa shape index (κ1) is 30.0. The van der Waals surface area contributed by atoms with Crippen LogP contribution in [0.1, 0.15) is 57.8 Å². The molecule has 0 aromatic carbocycles. The van der Waals surface area contributed by atoms with Crippen LogP contribution in [0.5, 0.6) is 0 Å². The number of unbranched alkanes of at least 4 members (excludes halogenated alkanes) is 1. The van der Waals surface area contributed by atoms with Gasteiger partial charge in [0, 0.05) is 57.3 Å². The molecule has 202 valence electrons. The Bertz CT molecular complexity index is 620. The van der Waals surface area contributed by atoms with E-state index in [4.69, 9.17) is 23.7 Å². The summed E-state index contributed by atoms with van der Waals surface area (Å²) in [7, 11) is 1.61. The van der Waals surface area contributed by atoms with Crippen molar-refractivity contribution in [3.63, 3.8) is 0 Å². The number of hydrogen-bond donors (Lipinski definition) is 1. The van der Waals surface area contributed by atoms with E-state index in [0.29, 0.717) is 101 Å². The van der Waals surface area contributed by atoms with Gasteiger partial charge in [-0.3, -0.25) is 14.4 Å². The Kier molecular flexibility index (Phi) is 16.3. The molecule has 0 radical (unpaired) electrons. The van der Waals surface area contributed by atoms with Crippen molar-refractivity contribution in [2.45, 2.75) is 69.1 Å². The number of ether oxygens (including phenoxy) is 5. The number of ketones is 1. The van der Waals surface area contributed by atoms with E-state index < -0.39 is 0 Å². The average molecular weight is 518 g/mol. The van der Waals surface area contributed by atoms with Gasteiger partial charge in [-0.2, -0.15) is 11.8 Å². The van der Waals surface area contributed by atoms with Crippen LogP contribution in [0, 0.1) is 5.92 Å². The normalized spacial score (nSPS) is 21.2. The number of nitrogens with one attached hydrogen (secondary N) is 1. The predicted molar refractivity (Wildman–Crippen MR) is 134 cm³/mol. The maximum Gasteiger partial charge on any atom is 0.305 e. The number of amides is 1. The van der Waals surface area contributed by atoms with Gasteiger partial charge in [0.1, 0.15) is 12.4 Å². The molecule has 35 heavy (non-hydrogen) atoms. The molecule has 3 unspecified atom stereocenters. The predicted octanol–water partition coefficient (Wildman–Crippen LogP) is 2.54. The monoisotopic (exact) mass is 517 g/mol. The summed E-state index contributed by atoms with van der Waals surface area (Å²) in [6.07, 6.45) is 6.56. The maximum absolute atomic E-state index is 12.1. The molecule has 2 aliphatic rings. The highest BCUT2D eigenvalue weighted by atomic mass is 32.2. The molecule has 0 aromatic rings. The Hall–Kier alpha value is -1.20. The summed E-state index contributed by atoms with van der Waals surface area (Å²) in [5.41, 5.74) is 0. The number of esters is 1. The molecule has 2 saturated heterocycles. The van der Waals surface area contributed by atoms with Gasteiger partial charge in [-0.25, -0.2) is 0 Å². The highest BCUT2D eigenvalue weighted by Crippen LogP contribution is 2.39. The lowest BCUT2D eigenvalue weighted by molar-refractivity contribution is -0.145. The third kappa shape index (κ3) is 13.6. The Balaban J connectivity index is 1.29.